The molecular formula is C51H57ClN10O6S2. The van der Waals surface area contributed by atoms with Gasteiger partial charge in [-0.2, -0.15) is 5.10 Å². The lowest BCUT2D eigenvalue weighted by atomic mass is 9.85. The number of aliphatic hydroxyl groups excluding tert-OH is 1. The monoisotopic (exact) mass is 1000 g/mol. The second-order valence-corrected chi connectivity index (χ2v) is 20.9. The molecule has 6 heterocycles. The van der Waals surface area contributed by atoms with Crippen LogP contribution in [0.1, 0.15) is 103 Å². The topological polar surface area (TPSA) is 191 Å². The van der Waals surface area contributed by atoms with Gasteiger partial charge in [-0.05, 0) is 68.9 Å². The molecule has 0 unspecified atom stereocenters. The molecule has 8 rings (SSSR count). The molecule has 4 aromatic heterocycles. The summed E-state index contributed by atoms with van der Waals surface area (Å²) in [6.45, 7) is 16.3. The van der Waals surface area contributed by atoms with E-state index in [-0.39, 0.29) is 50.8 Å². The van der Waals surface area contributed by atoms with Crippen molar-refractivity contribution in [2.24, 2.45) is 10.4 Å². The largest absolute Gasteiger partial charge is 0.391 e. The number of aliphatic imine (C=N–C) groups is 1. The van der Waals surface area contributed by atoms with Gasteiger partial charge >= 0.3 is 0 Å². The number of β-amino-alcohol motifs (C(OH)–C–C–N with tert-alkyl or cyclic N) is 1. The molecule has 16 nitrogen and oxygen atoms in total. The number of fused-ring (bicyclic) bond motifs is 3. The lowest BCUT2D eigenvalue weighted by molar-refractivity contribution is -0.144. The van der Waals surface area contributed by atoms with E-state index >= 15 is 0 Å². The molecule has 0 radical (unpaired) electrons. The number of ether oxygens (including phenoxy) is 2. The Labute approximate surface area is 420 Å². The zero-order valence-corrected chi connectivity index (χ0v) is 42.8. The van der Waals surface area contributed by atoms with Crippen molar-refractivity contribution in [2.45, 2.75) is 98.6 Å². The van der Waals surface area contributed by atoms with E-state index in [2.05, 4.69) is 54.2 Å². The first kappa shape index (κ1) is 50.3. The molecule has 2 aromatic carbocycles. The van der Waals surface area contributed by atoms with Gasteiger partial charge in [0.15, 0.2) is 5.82 Å². The van der Waals surface area contributed by atoms with Crippen LogP contribution >= 0.6 is 34.3 Å². The van der Waals surface area contributed by atoms with Gasteiger partial charge in [0.05, 0.1) is 76.9 Å². The minimum Gasteiger partial charge on any atom is -0.391 e. The standard InChI is InChI=1S/C51H57ClN10O6S2/c1-29-41(70-50-43(29)44(36-14-16-38(52)17-15-36)55-32(4)47-59-58-33(5)62(47)50)18-9-34-24-54-60(25-34)19-20-67-21-22-68-27-42(64)57-46(51(6,7)8)49(66)61-26-39(63)23-40(61)48(65)56-30(2)35-10-12-37(13-11-35)45-31(3)53-28-69-45/h10-17,24-25,28,30,32,39-40,46,63H,19-23,26-27H2,1-8H3,(H,56,65)(H,57,64)/t30-,32-,39+,40-,46+/m0/s1. The number of aromatic nitrogens is 6. The Hall–Kier alpha value is -6.07. The molecular weight excluding hydrogens is 948 g/mol. The van der Waals surface area contributed by atoms with Crippen molar-refractivity contribution in [2.75, 3.05) is 33.0 Å². The number of amides is 3. The molecule has 1 saturated heterocycles. The fraction of sp³-hybridized carbons (Fsp3) is 0.412. The van der Waals surface area contributed by atoms with E-state index in [1.807, 2.05) is 109 Å². The minimum atomic E-state index is -0.979. The number of rotatable bonds is 15. The Morgan fingerprint density at radius 1 is 0.971 bits per heavy atom. The van der Waals surface area contributed by atoms with E-state index in [4.69, 9.17) is 26.1 Å². The average molecular weight is 1010 g/mol. The first-order chi connectivity index (χ1) is 33.5. The Morgan fingerprint density at radius 2 is 1.70 bits per heavy atom. The third-order valence-corrected chi connectivity index (χ3v) is 14.7. The summed E-state index contributed by atoms with van der Waals surface area (Å²) in [6.07, 6.45) is 2.79. The van der Waals surface area contributed by atoms with Gasteiger partial charge in [-0.25, -0.2) is 4.98 Å². The van der Waals surface area contributed by atoms with Gasteiger partial charge in [0, 0.05) is 35.3 Å². The van der Waals surface area contributed by atoms with Gasteiger partial charge in [-0.1, -0.05) is 80.6 Å². The number of benzene rings is 2. The zero-order valence-electron chi connectivity index (χ0n) is 40.4. The highest BCUT2D eigenvalue weighted by Gasteiger charge is 2.45. The Balaban J connectivity index is 0.799. The van der Waals surface area contributed by atoms with Gasteiger partial charge < -0.3 is 30.1 Å². The van der Waals surface area contributed by atoms with E-state index in [9.17, 15) is 19.5 Å². The number of nitrogens with zero attached hydrogens (tertiary/aromatic N) is 8. The number of aliphatic hydroxyl groups is 1. The lowest BCUT2D eigenvalue weighted by Gasteiger charge is -2.35. The number of nitrogens with one attached hydrogen (secondary N) is 2. The van der Waals surface area contributed by atoms with E-state index in [0.29, 0.717) is 18.2 Å². The van der Waals surface area contributed by atoms with Gasteiger partial charge in [0.25, 0.3) is 0 Å². The average Bonchev–Trinajstić information content (AvgIpc) is 4.17. The predicted molar refractivity (Wildman–Crippen MR) is 270 cm³/mol. The first-order valence-electron chi connectivity index (χ1n) is 23.1. The van der Waals surface area contributed by atoms with E-state index in [0.717, 1.165) is 71.2 Å². The van der Waals surface area contributed by atoms with Gasteiger partial charge in [-0.3, -0.25) is 28.6 Å². The van der Waals surface area contributed by atoms with Crippen LogP contribution in [-0.4, -0.2) is 114 Å². The smallest absolute Gasteiger partial charge is 0.246 e. The van der Waals surface area contributed by atoms with Crippen molar-refractivity contribution < 1.29 is 29.0 Å². The van der Waals surface area contributed by atoms with Crippen molar-refractivity contribution in [3.05, 3.63) is 121 Å². The molecule has 0 bridgehead atoms. The number of likely N-dealkylation sites (tertiary alicyclic amines) is 1. The highest BCUT2D eigenvalue weighted by Crippen LogP contribution is 2.39. The van der Waals surface area contributed by atoms with Crippen LogP contribution in [0.3, 0.4) is 0 Å². The molecule has 366 valence electrons. The van der Waals surface area contributed by atoms with Crippen LogP contribution in [-0.2, 0) is 30.4 Å². The zero-order chi connectivity index (χ0) is 49.9. The predicted octanol–water partition coefficient (Wildman–Crippen LogP) is 6.94. The number of halogens is 1. The normalized spacial score (nSPS) is 17.4. The number of hydrogen-bond acceptors (Lipinski definition) is 13. The summed E-state index contributed by atoms with van der Waals surface area (Å²) in [5, 5.41) is 31.4. The number of aryl methyl sites for hydroxylation is 2. The molecule has 5 atom stereocenters. The molecule has 3 N–H and O–H groups in total. The highest BCUT2D eigenvalue weighted by molar-refractivity contribution is 7.15. The van der Waals surface area contributed by atoms with E-state index in [1.165, 1.54) is 4.90 Å². The van der Waals surface area contributed by atoms with Crippen LogP contribution in [0.4, 0.5) is 0 Å². The second-order valence-electron chi connectivity index (χ2n) is 18.6. The SMILES string of the molecule is Cc1ncsc1-c1ccc([C@H](C)NC(=O)[C@@H]2C[C@@H](O)CN2C(=O)[C@@H](NC(=O)COCCOCCn2cc(C#Cc3sc4c(c3C)C(c3ccc(Cl)cc3)=N[C@@H](C)c3nnc(C)n3-4)cn2)C(C)(C)C)cc1. The number of hydrogen-bond donors (Lipinski definition) is 3. The number of carbonyl (C=O) groups excluding carboxylic acids is 3. The van der Waals surface area contributed by atoms with Crippen LogP contribution in [0, 0.1) is 38.0 Å². The molecule has 0 spiro atoms. The third kappa shape index (κ3) is 11.3. The molecule has 3 amide bonds. The maximum Gasteiger partial charge on any atom is 0.246 e. The lowest BCUT2D eigenvalue weighted by Crippen LogP contribution is -2.58. The van der Waals surface area contributed by atoms with E-state index < -0.39 is 35.4 Å². The summed E-state index contributed by atoms with van der Waals surface area (Å²) in [5.74, 6) is 6.90. The van der Waals surface area contributed by atoms with Crippen LogP contribution in [0.5, 0.6) is 0 Å². The van der Waals surface area contributed by atoms with Gasteiger partial charge in [0.2, 0.25) is 17.7 Å². The first-order valence-corrected chi connectivity index (χ1v) is 25.2. The minimum absolute atomic E-state index is 0.0248. The highest BCUT2D eigenvalue weighted by atomic mass is 35.5. The maximum absolute atomic E-state index is 14.1. The fourth-order valence-electron chi connectivity index (χ4n) is 8.54. The van der Waals surface area contributed by atoms with Crippen molar-refractivity contribution >= 4 is 57.7 Å². The molecule has 0 aliphatic carbocycles. The number of carbonyl (C=O) groups is 3. The van der Waals surface area contributed by atoms with Crippen LogP contribution in [0.2, 0.25) is 5.02 Å². The van der Waals surface area contributed by atoms with Crippen LogP contribution in [0.15, 0.2) is 71.4 Å². The molecule has 1 fully saturated rings. The number of thiophene rings is 1. The summed E-state index contributed by atoms with van der Waals surface area (Å²) in [5.41, 5.74) is 8.58. The molecule has 19 heteroatoms. The second kappa shape index (κ2) is 21.5. The van der Waals surface area contributed by atoms with Crippen molar-refractivity contribution in [1.82, 2.24) is 45.1 Å². The molecule has 2 aliphatic rings. The summed E-state index contributed by atoms with van der Waals surface area (Å²) in [6, 6.07) is 13.2. The fourth-order valence-corrected chi connectivity index (χ4v) is 10.7. The van der Waals surface area contributed by atoms with Crippen molar-refractivity contribution in [3.63, 3.8) is 0 Å². The summed E-state index contributed by atoms with van der Waals surface area (Å²) in [7, 11) is 0. The molecule has 6 aromatic rings. The number of thiazole rings is 1. The maximum atomic E-state index is 14.1. The third-order valence-electron chi connectivity index (χ3n) is 12.3. The summed E-state index contributed by atoms with van der Waals surface area (Å²) < 4.78 is 15.2. The Kier molecular flexibility index (Phi) is 15.5. The quantitative estimate of drug-likeness (QED) is 0.0718. The van der Waals surface area contributed by atoms with Gasteiger partial charge in [-0.15, -0.1) is 32.9 Å². The van der Waals surface area contributed by atoms with Crippen LogP contribution < -0.4 is 10.6 Å². The molecule has 2 aliphatic heterocycles. The van der Waals surface area contributed by atoms with Crippen molar-refractivity contribution in [3.8, 4) is 27.3 Å². The molecule has 70 heavy (non-hydrogen) atoms. The molecule has 0 saturated carbocycles. The van der Waals surface area contributed by atoms with Gasteiger partial charge in [0.1, 0.15) is 35.6 Å². The Bertz CT molecular complexity index is 2960. The van der Waals surface area contributed by atoms with Crippen LogP contribution in [0.25, 0.3) is 15.4 Å². The Morgan fingerprint density at radius 3 is 2.41 bits per heavy atom. The van der Waals surface area contributed by atoms with E-state index in [1.54, 1.807) is 33.6 Å². The van der Waals surface area contributed by atoms with Crippen molar-refractivity contribution in [1.29, 1.82) is 0 Å². The summed E-state index contributed by atoms with van der Waals surface area (Å²) >= 11 is 9.40. The summed E-state index contributed by atoms with van der Waals surface area (Å²) in [4.78, 5) is 53.7.